The highest BCUT2D eigenvalue weighted by atomic mass is 16.3. The minimum Gasteiger partial charge on any atom is -0.391 e. The van der Waals surface area contributed by atoms with Crippen LogP contribution in [0.15, 0.2) is 6.20 Å². The van der Waals surface area contributed by atoms with Gasteiger partial charge in [0.15, 0.2) is 0 Å². The molecule has 0 spiro atoms. The third-order valence-corrected chi connectivity index (χ3v) is 5.04. The second-order valence-corrected chi connectivity index (χ2v) is 7.62. The Morgan fingerprint density at radius 2 is 2.04 bits per heavy atom. The lowest BCUT2D eigenvalue weighted by Gasteiger charge is -2.18. The summed E-state index contributed by atoms with van der Waals surface area (Å²) in [5.74, 6) is 1.25. The van der Waals surface area contributed by atoms with E-state index in [1.165, 1.54) is 12.8 Å². The predicted molar refractivity (Wildman–Crippen MR) is 89.3 cm³/mol. The Kier molecular flexibility index (Phi) is 5.05. The van der Waals surface area contributed by atoms with Crippen LogP contribution >= 0.6 is 0 Å². The van der Waals surface area contributed by atoms with E-state index >= 15 is 0 Å². The monoisotopic (exact) mass is 319 g/mol. The van der Waals surface area contributed by atoms with E-state index in [1.54, 1.807) is 6.20 Å². The van der Waals surface area contributed by atoms with Crippen molar-refractivity contribution >= 4 is 5.91 Å². The highest BCUT2D eigenvalue weighted by Crippen LogP contribution is 2.41. The van der Waals surface area contributed by atoms with Gasteiger partial charge in [0.05, 0.1) is 23.6 Å². The normalized spacial score (nSPS) is 20.2. The number of carbonyl (C=O) groups is 1. The van der Waals surface area contributed by atoms with Gasteiger partial charge in [-0.25, -0.2) is 0 Å². The minimum absolute atomic E-state index is 0.0843. The van der Waals surface area contributed by atoms with Crippen molar-refractivity contribution in [1.82, 2.24) is 15.1 Å². The number of hydrogen-bond acceptors (Lipinski definition) is 3. The Hall–Kier alpha value is -1.36. The summed E-state index contributed by atoms with van der Waals surface area (Å²) in [4.78, 5) is 12.5. The van der Waals surface area contributed by atoms with Gasteiger partial charge >= 0.3 is 0 Å². The van der Waals surface area contributed by atoms with Crippen LogP contribution in [0.4, 0.5) is 0 Å². The summed E-state index contributed by atoms with van der Waals surface area (Å²) in [5, 5.41) is 17.6. The van der Waals surface area contributed by atoms with Crippen molar-refractivity contribution in [1.29, 1.82) is 0 Å². The molecule has 23 heavy (non-hydrogen) atoms. The van der Waals surface area contributed by atoms with Gasteiger partial charge in [0.1, 0.15) is 0 Å². The number of aliphatic hydroxyl groups is 1. The van der Waals surface area contributed by atoms with E-state index in [0.717, 1.165) is 37.9 Å². The quantitative estimate of drug-likeness (QED) is 0.812. The Labute approximate surface area is 138 Å². The summed E-state index contributed by atoms with van der Waals surface area (Å²) < 4.78 is 2.00. The Balaban J connectivity index is 1.63. The molecule has 2 saturated carbocycles. The number of nitrogens with zero attached hydrogens (tertiary/aromatic N) is 2. The maximum Gasteiger partial charge on any atom is 0.254 e. The van der Waals surface area contributed by atoms with E-state index in [-0.39, 0.29) is 5.91 Å². The van der Waals surface area contributed by atoms with Gasteiger partial charge < -0.3 is 10.4 Å². The molecule has 0 aliphatic heterocycles. The largest absolute Gasteiger partial charge is 0.391 e. The van der Waals surface area contributed by atoms with E-state index in [4.69, 9.17) is 0 Å². The molecule has 1 heterocycles. The van der Waals surface area contributed by atoms with Gasteiger partial charge in [-0.3, -0.25) is 9.48 Å². The van der Waals surface area contributed by atoms with Crippen LogP contribution in [0.1, 0.15) is 74.3 Å². The van der Waals surface area contributed by atoms with Crippen LogP contribution in [-0.4, -0.2) is 33.4 Å². The molecule has 1 atom stereocenters. The topological polar surface area (TPSA) is 67.2 Å². The molecule has 2 aliphatic carbocycles. The molecule has 0 bridgehead atoms. The minimum atomic E-state index is -0.420. The summed E-state index contributed by atoms with van der Waals surface area (Å²) >= 11 is 0. The molecule has 1 amide bonds. The Morgan fingerprint density at radius 3 is 2.65 bits per heavy atom. The first kappa shape index (κ1) is 16.5. The number of aliphatic hydroxyl groups excluding tert-OH is 1. The van der Waals surface area contributed by atoms with E-state index < -0.39 is 6.10 Å². The fraction of sp³-hybridized carbons (Fsp3) is 0.778. The van der Waals surface area contributed by atoms with Crippen LogP contribution < -0.4 is 5.32 Å². The zero-order chi connectivity index (χ0) is 16.4. The standard InChI is InChI=1S/C18H29N3O2/c1-12(2)11-21-17(14-7-8-14)15(9-20-21)18(23)19-10-16(22)13-5-3-4-6-13/h9,12-14,16,22H,3-8,10-11H2,1-2H3,(H,19,23). The lowest BCUT2D eigenvalue weighted by molar-refractivity contribution is 0.0839. The fourth-order valence-electron chi connectivity index (χ4n) is 3.65. The highest BCUT2D eigenvalue weighted by molar-refractivity contribution is 5.95. The van der Waals surface area contributed by atoms with Gasteiger partial charge in [0, 0.05) is 19.0 Å². The van der Waals surface area contributed by atoms with Gasteiger partial charge in [-0.05, 0) is 37.5 Å². The molecule has 1 aromatic rings. The second kappa shape index (κ2) is 7.04. The van der Waals surface area contributed by atoms with Crippen molar-refractivity contribution in [2.45, 2.75) is 70.9 Å². The van der Waals surface area contributed by atoms with Gasteiger partial charge in [-0.1, -0.05) is 26.7 Å². The van der Waals surface area contributed by atoms with Gasteiger partial charge in [-0.2, -0.15) is 5.10 Å². The third-order valence-electron chi connectivity index (χ3n) is 5.04. The summed E-state index contributed by atoms with van der Waals surface area (Å²) in [5.41, 5.74) is 1.79. The maximum atomic E-state index is 12.5. The molecule has 5 nitrogen and oxygen atoms in total. The van der Waals surface area contributed by atoms with Crippen LogP contribution in [0.25, 0.3) is 0 Å². The summed E-state index contributed by atoms with van der Waals surface area (Å²) in [6.07, 6.45) is 8.13. The fourth-order valence-corrected chi connectivity index (χ4v) is 3.65. The zero-order valence-corrected chi connectivity index (χ0v) is 14.3. The van der Waals surface area contributed by atoms with Crippen molar-refractivity contribution in [3.63, 3.8) is 0 Å². The van der Waals surface area contributed by atoms with Crippen LogP contribution in [0, 0.1) is 11.8 Å². The average Bonchev–Trinajstić information content (AvgIpc) is 3.03. The van der Waals surface area contributed by atoms with E-state index in [1.807, 2.05) is 4.68 Å². The maximum absolute atomic E-state index is 12.5. The van der Waals surface area contributed by atoms with Crippen LogP contribution in [-0.2, 0) is 6.54 Å². The van der Waals surface area contributed by atoms with Crippen molar-refractivity contribution in [3.05, 3.63) is 17.5 Å². The number of carbonyl (C=O) groups excluding carboxylic acids is 1. The molecule has 5 heteroatoms. The smallest absolute Gasteiger partial charge is 0.254 e. The van der Waals surface area contributed by atoms with E-state index in [9.17, 15) is 9.90 Å². The summed E-state index contributed by atoms with van der Waals surface area (Å²) in [6.45, 7) is 5.53. The first-order chi connectivity index (χ1) is 11.1. The first-order valence-corrected chi connectivity index (χ1v) is 9.08. The lowest BCUT2D eigenvalue weighted by atomic mass is 10.0. The predicted octanol–water partition coefficient (Wildman–Crippen LogP) is 2.70. The molecular formula is C18H29N3O2. The number of rotatable bonds is 7. The summed E-state index contributed by atoms with van der Waals surface area (Å²) in [7, 11) is 0. The van der Waals surface area contributed by atoms with Crippen molar-refractivity contribution in [3.8, 4) is 0 Å². The van der Waals surface area contributed by atoms with E-state index in [2.05, 4.69) is 24.3 Å². The van der Waals surface area contributed by atoms with Crippen molar-refractivity contribution < 1.29 is 9.90 Å². The number of nitrogens with one attached hydrogen (secondary N) is 1. The molecule has 3 rings (SSSR count). The van der Waals surface area contributed by atoms with Crippen LogP contribution in [0.3, 0.4) is 0 Å². The molecule has 0 aromatic carbocycles. The number of amides is 1. The molecule has 0 saturated heterocycles. The van der Waals surface area contributed by atoms with Gasteiger partial charge in [0.2, 0.25) is 0 Å². The average molecular weight is 319 g/mol. The molecule has 128 valence electrons. The van der Waals surface area contributed by atoms with Gasteiger partial charge in [0.25, 0.3) is 5.91 Å². The Morgan fingerprint density at radius 1 is 1.35 bits per heavy atom. The molecular weight excluding hydrogens is 290 g/mol. The third kappa shape index (κ3) is 3.94. The first-order valence-electron chi connectivity index (χ1n) is 9.08. The second-order valence-electron chi connectivity index (χ2n) is 7.62. The molecule has 2 aliphatic rings. The summed E-state index contributed by atoms with van der Waals surface area (Å²) in [6, 6.07) is 0. The number of hydrogen-bond donors (Lipinski definition) is 2. The molecule has 1 unspecified atom stereocenters. The zero-order valence-electron chi connectivity index (χ0n) is 14.3. The van der Waals surface area contributed by atoms with E-state index in [0.29, 0.717) is 29.9 Å². The molecule has 0 radical (unpaired) electrons. The van der Waals surface area contributed by atoms with Crippen molar-refractivity contribution in [2.75, 3.05) is 6.54 Å². The molecule has 2 N–H and O–H groups in total. The highest BCUT2D eigenvalue weighted by Gasteiger charge is 2.33. The van der Waals surface area contributed by atoms with Gasteiger partial charge in [-0.15, -0.1) is 0 Å². The van der Waals surface area contributed by atoms with Crippen LogP contribution in [0.5, 0.6) is 0 Å². The van der Waals surface area contributed by atoms with Crippen molar-refractivity contribution in [2.24, 2.45) is 11.8 Å². The molecule has 1 aromatic heterocycles. The molecule has 2 fully saturated rings. The SMILES string of the molecule is CC(C)Cn1ncc(C(=O)NCC(O)C2CCCC2)c1C1CC1. The van der Waals surface area contributed by atoms with Crippen LogP contribution in [0.2, 0.25) is 0 Å². The lowest BCUT2D eigenvalue weighted by Crippen LogP contribution is -2.35. The number of aromatic nitrogens is 2. The Bertz CT molecular complexity index is 542.